The molecule has 1 rings (SSSR count). The highest BCUT2D eigenvalue weighted by molar-refractivity contribution is 5.96. The second-order valence-electron chi connectivity index (χ2n) is 4.99. The molecule has 0 fully saturated rings. The molecule has 0 unspecified atom stereocenters. The van der Waals surface area contributed by atoms with Crippen LogP contribution >= 0.6 is 0 Å². The maximum absolute atomic E-state index is 11.9. The van der Waals surface area contributed by atoms with Gasteiger partial charge < -0.3 is 25.1 Å². The van der Waals surface area contributed by atoms with Crippen molar-refractivity contribution in [2.45, 2.75) is 25.9 Å². The zero-order valence-electron chi connectivity index (χ0n) is 12.2. The number of esters is 1. The number of nitrogens with two attached hydrogens (primary N) is 1. The lowest BCUT2D eigenvalue weighted by molar-refractivity contribution is 0.0245. The first-order valence-electron chi connectivity index (χ1n) is 6.19. The molecule has 6 heteroatoms. The maximum Gasteiger partial charge on any atom is 0.340 e. The van der Waals surface area contributed by atoms with E-state index in [0.29, 0.717) is 17.9 Å². The Labute approximate surface area is 118 Å². The number of hydrogen-bond donors (Lipinski definition) is 2. The number of hydrogen-bond acceptors (Lipinski definition) is 6. The molecule has 0 amide bonds. The number of benzene rings is 1. The van der Waals surface area contributed by atoms with Crippen molar-refractivity contribution < 1.29 is 24.1 Å². The Bertz CT molecular complexity index is 479. The van der Waals surface area contributed by atoms with Gasteiger partial charge in [-0.05, 0) is 13.8 Å². The number of aliphatic hydroxyl groups is 1. The van der Waals surface area contributed by atoms with Crippen LogP contribution < -0.4 is 15.2 Å². The molecule has 0 bridgehead atoms. The molecule has 1 aromatic rings. The Kier molecular flexibility index (Phi) is 5.21. The number of ether oxygens (including phenoxy) is 3. The summed E-state index contributed by atoms with van der Waals surface area (Å²) in [6.07, 6.45) is 0.339. The third kappa shape index (κ3) is 4.31. The maximum atomic E-state index is 11.9. The average Bonchev–Trinajstić information content (AvgIpc) is 2.36. The second kappa shape index (κ2) is 6.47. The molecule has 1 aromatic carbocycles. The SMILES string of the molecule is COc1cc(N)c(C(=O)OCCC(C)(C)O)cc1OC. The van der Waals surface area contributed by atoms with Gasteiger partial charge in [-0.25, -0.2) is 4.79 Å². The van der Waals surface area contributed by atoms with Crippen LogP contribution in [-0.2, 0) is 4.74 Å². The van der Waals surface area contributed by atoms with Crippen LogP contribution in [-0.4, -0.2) is 37.5 Å². The summed E-state index contributed by atoms with van der Waals surface area (Å²) in [5.74, 6) is 0.280. The van der Waals surface area contributed by atoms with E-state index in [2.05, 4.69) is 0 Å². The van der Waals surface area contributed by atoms with Crippen LogP contribution in [0.15, 0.2) is 12.1 Å². The van der Waals surface area contributed by atoms with E-state index in [1.54, 1.807) is 13.8 Å². The molecule has 0 atom stereocenters. The third-order valence-electron chi connectivity index (χ3n) is 2.72. The van der Waals surface area contributed by atoms with Gasteiger partial charge in [-0.15, -0.1) is 0 Å². The van der Waals surface area contributed by atoms with Gasteiger partial charge in [0.2, 0.25) is 0 Å². The number of carbonyl (C=O) groups excluding carboxylic acids is 1. The van der Waals surface area contributed by atoms with Crippen LogP contribution in [0.4, 0.5) is 5.69 Å². The molecule has 0 spiro atoms. The highest BCUT2D eigenvalue weighted by Crippen LogP contribution is 2.32. The number of rotatable bonds is 6. The summed E-state index contributed by atoms with van der Waals surface area (Å²) in [6.45, 7) is 3.40. The highest BCUT2D eigenvalue weighted by atomic mass is 16.5. The lowest BCUT2D eigenvalue weighted by atomic mass is 10.1. The Balaban J connectivity index is 2.82. The molecule has 0 radical (unpaired) electrons. The fraction of sp³-hybridized carbons (Fsp3) is 0.500. The molecule has 6 nitrogen and oxygen atoms in total. The molecular weight excluding hydrogens is 262 g/mol. The van der Waals surface area contributed by atoms with Crippen molar-refractivity contribution in [3.8, 4) is 11.5 Å². The van der Waals surface area contributed by atoms with Crippen molar-refractivity contribution in [3.63, 3.8) is 0 Å². The Hall–Kier alpha value is -1.95. The Morgan fingerprint density at radius 2 is 1.80 bits per heavy atom. The van der Waals surface area contributed by atoms with Gasteiger partial charge in [-0.2, -0.15) is 0 Å². The minimum absolute atomic E-state index is 0.107. The van der Waals surface area contributed by atoms with Gasteiger partial charge in [0.1, 0.15) is 0 Å². The lowest BCUT2D eigenvalue weighted by Gasteiger charge is -2.17. The summed E-state index contributed by atoms with van der Waals surface area (Å²) >= 11 is 0. The Morgan fingerprint density at radius 3 is 2.30 bits per heavy atom. The minimum Gasteiger partial charge on any atom is -0.493 e. The predicted octanol–water partition coefficient (Wildman–Crippen LogP) is 1.60. The van der Waals surface area contributed by atoms with E-state index >= 15 is 0 Å². The first-order chi connectivity index (χ1) is 9.28. The predicted molar refractivity (Wildman–Crippen MR) is 75.2 cm³/mol. The molecule has 0 aliphatic heterocycles. The van der Waals surface area contributed by atoms with Gasteiger partial charge in [0.05, 0.1) is 37.7 Å². The first-order valence-corrected chi connectivity index (χ1v) is 6.19. The fourth-order valence-corrected chi connectivity index (χ4v) is 1.54. The van der Waals surface area contributed by atoms with E-state index in [1.165, 1.54) is 26.4 Å². The van der Waals surface area contributed by atoms with Crippen molar-refractivity contribution in [2.75, 3.05) is 26.6 Å². The number of methoxy groups -OCH3 is 2. The molecule has 0 saturated carbocycles. The highest BCUT2D eigenvalue weighted by Gasteiger charge is 2.18. The molecule has 0 saturated heterocycles. The van der Waals surface area contributed by atoms with E-state index in [1.807, 2.05) is 0 Å². The Morgan fingerprint density at radius 1 is 1.25 bits per heavy atom. The summed E-state index contributed by atoms with van der Waals surface area (Å²) in [4.78, 5) is 11.9. The van der Waals surface area contributed by atoms with Crippen LogP contribution in [0, 0.1) is 0 Å². The standard InChI is InChI=1S/C14H21NO5/c1-14(2,17)5-6-20-13(16)9-7-11(18-3)12(19-4)8-10(9)15/h7-8,17H,5-6,15H2,1-4H3. The summed E-state index contributed by atoms with van der Waals surface area (Å²) in [5.41, 5.74) is 5.36. The van der Waals surface area contributed by atoms with Crippen LogP contribution in [0.1, 0.15) is 30.6 Å². The summed E-state index contributed by atoms with van der Waals surface area (Å²) < 4.78 is 15.3. The zero-order chi connectivity index (χ0) is 15.3. The van der Waals surface area contributed by atoms with Crippen LogP contribution in [0.2, 0.25) is 0 Å². The fourth-order valence-electron chi connectivity index (χ4n) is 1.54. The minimum atomic E-state index is -0.885. The monoisotopic (exact) mass is 283 g/mol. The average molecular weight is 283 g/mol. The summed E-state index contributed by atoms with van der Waals surface area (Å²) in [5, 5.41) is 9.55. The van der Waals surface area contributed by atoms with E-state index in [4.69, 9.17) is 19.9 Å². The molecule has 112 valence electrons. The summed E-state index contributed by atoms with van der Waals surface area (Å²) in [7, 11) is 2.95. The number of nitrogen functional groups attached to an aromatic ring is 1. The van der Waals surface area contributed by atoms with Crippen molar-refractivity contribution in [2.24, 2.45) is 0 Å². The molecule has 3 N–H and O–H groups in total. The normalized spacial score (nSPS) is 11.1. The third-order valence-corrected chi connectivity index (χ3v) is 2.72. The lowest BCUT2D eigenvalue weighted by Crippen LogP contribution is -2.22. The van der Waals surface area contributed by atoms with Crippen molar-refractivity contribution in [3.05, 3.63) is 17.7 Å². The number of anilines is 1. The van der Waals surface area contributed by atoms with E-state index in [9.17, 15) is 9.90 Å². The van der Waals surface area contributed by atoms with Crippen LogP contribution in [0.5, 0.6) is 11.5 Å². The molecule has 0 aliphatic rings. The molecular formula is C14H21NO5. The van der Waals surface area contributed by atoms with E-state index in [0.717, 1.165) is 0 Å². The van der Waals surface area contributed by atoms with Crippen molar-refractivity contribution in [1.82, 2.24) is 0 Å². The number of carbonyl (C=O) groups is 1. The van der Waals surface area contributed by atoms with Crippen LogP contribution in [0.25, 0.3) is 0 Å². The van der Waals surface area contributed by atoms with Gasteiger partial charge in [-0.3, -0.25) is 0 Å². The van der Waals surface area contributed by atoms with Gasteiger partial charge in [0, 0.05) is 18.6 Å². The molecule has 0 aliphatic carbocycles. The van der Waals surface area contributed by atoms with Crippen molar-refractivity contribution >= 4 is 11.7 Å². The summed E-state index contributed by atoms with van der Waals surface area (Å²) in [6, 6.07) is 2.98. The quantitative estimate of drug-likeness (QED) is 0.608. The van der Waals surface area contributed by atoms with E-state index in [-0.39, 0.29) is 17.9 Å². The van der Waals surface area contributed by atoms with Gasteiger partial charge in [0.15, 0.2) is 11.5 Å². The zero-order valence-corrected chi connectivity index (χ0v) is 12.2. The van der Waals surface area contributed by atoms with Gasteiger partial charge >= 0.3 is 5.97 Å². The topological polar surface area (TPSA) is 91.0 Å². The van der Waals surface area contributed by atoms with Gasteiger partial charge in [-0.1, -0.05) is 0 Å². The first kappa shape index (κ1) is 16.1. The smallest absolute Gasteiger partial charge is 0.340 e. The largest absolute Gasteiger partial charge is 0.493 e. The van der Waals surface area contributed by atoms with Crippen LogP contribution in [0.3, 0.4) is 0 Å². The van der Waals surface area contributed by atoms with E-state index < -0.39 is 11.6 Å². The molecule has 0 heterocycles. The molecule has 0 aromatic heterocycles. The van der Waals surface area contributed by atoms with Crippen molar-refractivity contribution in [1.29, 1.82) is 0 Å². The molecule has 20 heavy (non-hydrogen) atoms. The second-order valence-corrected chi connectivity index (χ2v) is 4.99. The van der Waals surface area contributed by atoms with Gasteiger partial charge in [0.25, 0.3) is 0 Å².